The van der Waals surface area contributed by atoms with E-state index in [-0.39, 0.29) is 0 Å². The Morgan fingerprint density at radius 2 is 2.25 bits per heavy atom. The number of fused-ring (bicyclic) bond motifs is 1. The second-order valence-corrected chi connectivity index (χ2v) is 4.18. The molecule has 16 heavy (non-hydrogen) atoms. The lowest BCUT2D eigenvalue weighted by Crippen LogP contribution is -1.97. The first-order valence-corrected chi connectivity index (χ1v) is 5.77. The number of benzene rings is 1. The molecule has 1 aromatic carbocycles. The van der Waals surface area contributed by atoms with Gasteiger partial charge >= 0.3 is 0 Å². The quantitative estimate of drug-likeness (QED) is 0.753. The van der Waals surface area contributed by atoms with Gasteiger partial charge in [0.2, 0.25) is 5.13 Å². The van der Waals surface area contributed by atoms with E-state index in [9.17, 15) is 0 Å². The van der Waals surface area contributed by atoms with Crippen molar-refractivity contribution < 1.29 is 4.42 Å². The molecule has 4 nitrogen and oxygen atoms in total. The van der Waals surface area contributed by atoms with Crippen molar-refractivity contribution in [3.8, 4) is 0 Å². The van der Waals surface area contributed by atoms with Crippen LogP contribution in [0.15, 0.2) is 40.3 Å². The summed E-state index contributed by atoms with van der Waals surface area (Å²) < 4.78 is 5.66. The SMILES string of the molecule is c1ccc2oc(CNc3nncs3)cc2c1. The first-order valence-electron chi connectivity index (χ1n) is 4.89. The first kappa shape index (κ1) is 9.35. The van der Waals surface area contributed by atoms with Gasteiger partial charge in [0.05, 0.1) is 6.54 Å². The van der Waals surface area contributed by atoms with Crippen molar-refractivity contribution in [2.45, 2.75) is 6.54 Å². The fourth-order valence-corrected chi connectivity index (χ4v) is 1.98. The molecule has 0 atom stereocenters. The van der Waals surface area contributed by atoms with E-state index in [4.69, 9.17) is 4.42 Å². The predicted octanol–water partition coefficient (Wildman–Crippen LogP) is 2.90. The van der Waals surface area contributed by atoms with Crippen LogP contribution in [-0.4, -0.2) is 10.2 Å². The number of hydrogen-bond donors (Lipinski definition) is 1. The standard InChI is InChI=1S/C11H9N3OS/c1-2-4-10-8(3-1)5-9(15-10)6-12-11-14-13-7-16-11/h1-5,7H,6H2,(H,12,14). The molecule has 3 aromatic rings. The van der Waals surface area contributed by atoms with Crippen LogP contribution in [0.1, 0.15) is 5.76 Å². The molecule has 2 heterocycles. The Labute approximate surface area is 95.9 Å². The third kappa shape index (κ3) is 1.77. The van der Waals surface area contributed by atoms with Gasteiger partial charge in [-0.05, 0) is 12.1 Å². The largest absolute Gasteiger partial charge is 0.459 e. The molecule has 0 bridgehead atoms. The highest BCUT2D eigenvalue weighted by Gasteiger charge is 2.03. The number of anilines is 1. The monoisotopic (exact) mass is 231 g/mol. The summed E-state index contributed by atoms with van der Waals surface area (Å²) in [6.07, 6.45) is 0. The topological polar surface area (TPSA) is 51.0 Å². The average Bonchev–Trinajstić information content (AvgIpc) is 2.95. The summed E-state index contributed by atoms with van der Waals surface area (Å²) in [5, 5.41) is 12.7. The van der Waals surface area contributed by atoms with Crippen LogP contribution in [-0.2, 0) is 6.54 Å². The number of nitrogens with zero attached hydrogens (tertiary/aromatic N) is 2. The van der Waals surface area contributed by atoms with Crippen molar-refractivity contribution in [3.63, 3.8) is 0 Å². The Morgan fingerprint density at radius 3 is 3.06 bits per heavy atom. The van der Waals surface area contributed by atoms with E-state index in [0.717, 1.165) is 21.9 Å². The van der Waals surface area contributed by atoms with Crippen LogP contribution < -0.4 is 5.32 Å². The van der Waals surface area contributed by atoms with Crippen LogP contribution in [0, 0.1) is 0 Å². The van der Waals surface area contributed by atoms with Gasteiger partial charge in [-0.15, -0.1) is 10.2 Å². The molecule has 5 heteroatoms. The molecular formula is C11H9N3OS. The van der Waals surface area contributed by atoms with Gasteiger partial charge in [0.15, 0.2) is 0 Å². The lowest BCUT2D eigenvalue weighted by Gasteiger charge is -1.96. The summed E-state index contributed by atoms with van der Waals surface area (Å²) in [4.78, 5) is 0. The zero-order valence-corrected chi connectivity index (χ0v) is 9.20. The summed E-state index contributed by atoms with van der Waals surface area (Å²) in [5.41, 5.74) is 2.61. The second-order valence-electron chi connectivity index (χ2n) is 3.35. The number of furan rings is 1. The minimum Gasteiger partial charge on any atom is -0.459 e. The van der Waals surface area contributed by atoms with Gasteiger partial charge in [-0.25, -0.2) is 0 Å². The summed E-state index contributed by atoms with van der Waals surface area (Å²) in [6, 6.07) is 9.99. The third-order valence-corrected chi connectivity index (χ3v) is 2.90. The van der Waals surface area contributed by atoms with Crippen LogP contribution in [0.25, 0.3) is 11.0 Å². The molecule has 0 unspecified atom stereocenters. The van der Waals surface area contributed by atoms with Crippen LogP contribution in [0.3, 0.4) is 0 Å². The molecule has 0 aliphatic carbocycles. The number of rotatable bonds is 3. The number of aromatic nitrogens is 2. The predicted molar refractivity (Wildman–Crippen MR) is 63.4 cm³/mol. The Balaban J connectivity index is 1.79. The highest BCUT2D eigenvalue weighted by atomic mass is 32.1. The smallest absolute Gasteiger partial charge is 0.205 e. The summed E-state index contributed by atoms with van der Waals surface area (Å²) >= 11 is 1.47. The van der Waals surface area contributed by atoms with Gasteiger partial charge in [0, 0.05) is 5.39 Å². The molecule has 80 valence electrons. The maximum Gasteiger partial charge on any atom is 0.205 e. The minimum atomic E-state index is 0.629. The molecule has 0 fully saturated rings. The summed E-state index contributed by atoms with van der Waals surface area (Å²) in [7, 11) is 0. The van der Waals surface area contributed by atoms with Crippen molar-refractivity contribution in [2.24, 2.45) is 0 Å². The highest BCUT2D eigenvalue weighted by molar-refractivity contribution is 7.13. The molecule has 0 spiro atoms. The minimum absolute atomic E-state index is 0.629. The Kier molecular flexibility index (Phi) is 2.30. The van der Waals surface area contributed by atoms with Crippen molar-refractivity contribution in [2.75, 3.05) is 5.32 Å². The van der Waals surface area contributed by atoms with Crippen LogP contribution in [0.4, 0.5) is 5.13 Å². The van der Waals surface area contributed by atoms with E-state index in [0.29, 0.717) is 6.54 Å². The lowest BCUT2D eigenvalue weighted by atomic mass is 10.2. The maximum absolute atomic E-state index is 5.66. The summed E-state index contributed by atoms with van der Waals surface area (Å²) in [5.74, 6) is 0.899. The molecule has 0 amide bonds. The van der Waals surface area contributed by atoms with Gasteiger partial charge in [-0.1, -0.05) is 29.5 Å². The number of hydrogen-bond acceptors (Lipinski definition) is 5. The van der Waals surface area contributed by atoms with E-state index in [2.05, 4.69) is 15.5 Å². The van der Waals surface area contributed by atoms with Crippen molar-refractivity contribution in [1.82, 2.24) is 10.2 Å². The van der Waals surface area contributed by atoms with E-state index in [1.165, 1.54) is 11.3 Å². The normalized spacial score (nSPS) is 10.8. The van der Waals surface area contributed by atoms with E-state index >= 15 is 0 Å². The summed E-state index contributed by atoms with van der Waals surface area (Å²) in [6.45, 7) is 0.629. The van der Waals surface area contributed by atoms with E-state index < -0.39 is 0 Å². The van der Waals surface area contributed by atoms with Gasteiger partial charge in [0.25, 0.3) is 0 Å². The molecule has 0 saturated carbocycles. The van der Waals surface area contributed by atoms with Gasteiger partial charge in [-0.3, -0.25) is 0 Å². The van der Waals surface area contributed by atoms with Crippen molar-refractivity contribution in [1.29, 1.82) is 0 Å². The van der Waals surface area contributed by atoms with Crippen molar-refractivity contribution >= 4 is 27.4 Å². The molecule has 0 radical (unpaired) electrons. The average molecular weight is 231 g/mol. The Bertz CT molecular complexity index is 555. The van der Waals surface area contributed by atoms with Crippen molar-refractivity contribution in [3.05, 3.63) is 41.6 Å². The Morgan fingerprint density at radius 1 is 1.31 bits per heavy atom. The van der Waals surface area contributed by atoms with Crippen LogP contribution >= 0.6 is 11.3 Å². The number of para-hydroxylation sites is 1. The molecular weight excluding hydrogens is 222 g/mol. The molecule has 0 aliphatic rings. The van der Waals surface area contributed by atoms with Crippen LogP contribution in [0.5, 0.6) is 0 Å². The van der Waals surface area contributed by atoms with Gasteiger partial charge < -0.3 is 9.73 Å². The van der Waals surface area contributed by atoms with Crippen LogP contribution in [0.2, 0.25) is 0 Å². The van der Waals surface area contributed by atoms with Gasteiger partial charge in [0.1, 0.15) is 16.9 Å². The molecule has 0 aliphatic heterocycles. The lowest BCUT2D eigenvalue weighted by molar-refractivity contribution is 0.559. The Hall–Kier alpha value is -1.88. The molecule has 2 aromatic heterocycles. The maximum atomic E-state index is 5.66. The third-order valence-electron chi connectivity index (χ3n) is 2.25. The van der Waals surface area contributed by atoms with E-state index in [1.54, 1.807) is 5.51 Å². The molecule has 1 N–H and O–H groups in total. The van der Waals surface area contributed by atoms with Gasteiger partial charge in [-0.2, -0.15) is 0 Å². The molecule has 3 rings (SSSR count). The second kappa shape index (κ2) is 3.94. The zero-order valence-electron chi connectivity index (χ0n) is 8.38. The molecule has 0 saturated heterocycles. The van der Waals surface area contributed by atoms with E-state index in [1.807, 2.05) is 30.3 Å². The highest BCUT2D eigenvalue weighted by Crippen LogP contribution is 2.19. The number of nitrogens with one attached hydrogen (secondary N) is 1. The first-order chi connectivity index (χ1) is 7.92. The zero-order chi connectivity index (χ0) is 10.8. The fraction of sp³-hybridized carbons (Fsp3) is 0.0909. The fourth-order valence-electron chi connectivity index (χ4n) is 1.54.